The maximum atomic E-state index is 6.09. The molecule has 0 aromatic carbocycles. The second kappa shape index (κ2) is 7.96. The third kappa shape index (κ3) is 4.69. The summed E-state index contributed by atoms with van der Waals surface area (Å²) < 4.78 is 0.896. The smallest absolute Gasteiger partial charge is 0.0931 e. The van der Waals surface area contributed by atoms with Gasteiger partial charge in [-0.15, -0.1) is 11.3 Å². The van der Waals surface area contributed by atoms with Crippen molar-refractivity contribution in [1.82, 2.24) is 10.2 Å². The molecule has 0 radical (unpaired) electrons. The third-order valence-corrected chi connectivity index (χ3v) is 6.01. The van der Waals surface area contributed by atoms with Gasteiger partial charge in [0.25, 0.3) is 0 Å². The van der Waals surface area contributed by atoms with Gasteiger partial charge in [-0.05, 0) is 64.9 Å². The molecule has 2 nitrogen and oxygen atoms in total. The van der Waals surface area contributed by atoms with E-state index in [2.05, 4.69) is 37.1 Å². The van der Waals surface area contributed by atoms with Crippen LogP contribution >= 0.6 is 22.9 Å². The molecule has 1 N–H and O–H groups in total. The number of thiophene rings is 1. The molecule has 1 saturated heterocycles. The molecule has 2 rings (SSSR count). The summed E-state index contributed by atoms with van der Waals surface area (Å²) in [5.74, 6) is 0. The molecular weight excluding hydrogens is 300 g/mol. The number of halogens is 1. The van der Waals surface area contributed by atoms with E-state index < -0.39 is 0 Å². The van der Waals surface area contributed by atoms with Gasteiger partial charge in [0.2, 0.25) is 0 Å². The number of rotatable bonds is 6. The van der Waals surface area contributed by atoms with Gasteiger partial charge in [-0.1, -0.05) is 31.4 Å². The first-order valence-electron chi connectivity index (χ1n) is 8.26. The van der Waals surface area contributed by atoms with Crippen molar-refractivity contribution in [2.45, 2.75) is 64.5 Å². The highest BCUT2D eigenvalue weighted by Gasteiger charge is 2.35. The highest BCUT2D eigenvalue weighted by Crippen LogP contribution is 2.29. The van der Waals surface area contributed by atoms with E-state index in [0.717, 1.165) is 17.3 Å². The average molecular weight is 329 g/mol. The van der Waals surface area contributed by atoms with E-state index in [9.17, 15) is 0 Å². The molecular formula is C17H29ClN2S. The lowest BCUT2D eigenvalue weighted by atomic mass is 9.89. The number of likely N-dealkylation sites (tertiary alicyclic amines) is 1. The van der Waals surface area contributed by atoms with Crippen LogP contribution in [-0.2, 0) is 6.42 Å². The molecule has 1 fully saturated rings. The van der Waals surface area contributed by atoms with Gasteiger partial charge >= 0.3 is 0 Å². The van der Waals surface area contributed by atoms with Gasteiger partial charge in [0.15, 0.2) is 0 Å². The van der Waals surface area contributed by atoms with Crippen molar-refractivity contribution in [1.29, 1.82) is 0 Å². The van der Waals surface area contributed by atoms with Crippen molar-refractivity contribution < 1.29 is 0 Å². The van der Waals surface area contributed by atoms with E-state index in [0.29, 0.717) is 6.04 Å². The molecule has 0 bridgehead atoms. The minimum absolute atomic E-state index is 0.177. The SMILES string of the molecule is CCNC(Cc1ccc(Cl)s1)C(C)(C)N1CCCCCC1. The second-order valence-corrected chi connectivity index (χ2v) is 8.37. The van der Waals surface area contributed by atoms with Gasteiger partial charge in [-0.3, -0.25) is 4.90 Å². The lowest BCUT2D eigenvalue weighted by Gasteiger charge is -2.44. The number of hydrogen-bond acceptors (Lipinski definition) is 3. The van der Waals surface area contributed by atoms with E-state index in [4.69, 9.17) is 11.6 Å². The Morgan fingerprint density at radius 2 is 1.90 bits per heavy atom. The molecule has 1 aromatic heterocycles. The van der Waals surface area contributed by atoms with E-state index in [1.807, 2.05) is 6.07 Å². The Balaban J connectivity index is 2.10. The Morgan fingerprint density at radius 1 is 1.24 bits per heavy atom. The minimum atomic E-state index is 0.177. The summed E-state index contributed by atoms with van der Waals surface area (Å²) in [5, 5.41) is 3.72. The lowest BCUT2D eigenvalue weighted by Crippen LogP contribution is -2.58. The van der Waals surface area contributed by atoms with E-state index >= 15 is 0 Å². The first-order valence-corrected chi connectivity index (χ1v) is 9.46. The van der Waals surface area contributed by atoms with Gasteiger partial charge in [0, 0.05) is 16.5 Å². The summed E-state index contributed by atoms with van der Waals surface area (Å²) in [4.78, 5) is 4.08. The van der Waals surface area contributed by atoms with Gasteiger partial charge < -0.3 is 5.32 Å². The fourth-order valence-corrected chi connectivity index (χ4v) is 4.48. The van der Waals surface area contributed by atoms with Gasteiger partial charge in [-0.2, -0.15) is 0 Å². The van der Waals surface area contributed by atoms with Crippen LogP contribution in [0.4, 0.5) is 0 Å². The second-order valence-electron chi connectivity index (χ2n) is 6.58. The monoisotopic (exact) mass is 328 g/mol. The highest BCUT2D eigenvalue weighted by atomic mass is 35.5. The normalized spacial score (nSPS) is 19.4. The summed E-state index contributed by atoms with van der Waals surface area (Å²) >= 11 is 7.81. The molecule has 0 saturated carbocycles. The molecule has 1 aliphatic rings. The van der Waals surface area contributed by atoms with Crippen LogP contribution in [0.5, 0.6) is 0 Å². The Kier molecular flexibility index (Phi) is 6.54. The molecule has 1 aromatic rings. The van der Waals surface area contributed by atoms with E-state index in [1.165, 1.54) is 43.6 Å². The first kappa shape index (κ1) is 17.3. The van der Waals surface area contributed by atoms with Crippen LogP contribution in [0.25, 0.3) is 0 Å². The molecule has 21 heavy (non-hydrogen) atoms. The molecule has 0 aliphatic carbocycles. The molecule has 0 spiro atoms. The van der Waals surface area contributed by atoms with Crippen LogP contribution < -0.4 is 5.32 Å². The number of nitrogens with one attached hydrogen (secondary N) is 1. The number of nitrogens with zero attached hydrogens (tertiary/aromatic N) is 1. The third-order valence-electron chi connectivity index (χ3n) is 4.76. The number of hydrogen-bond donors (Lipinski definition) is 1. The van der Waals surface area contributed by atoms with Gasteiger partial charge in [-0.25, -0.2) is 0 Å². The van der Waals surface area contributed by atoms with E-state index in [1.54, 1.807) is 11.3 Å². The van der Waals surface area contributed by atoms with Gasteiger partial charge in [0.05, 0.1) is 4.34 Å². The maximum Gasteiger partial charge on any atom is 0.0931 e. The van der Waals surface area contributed by atoms with Crippen molar-refractivity contribution in [2.24, 2.45) is 0 Å². The van der Waals surface area contributed by atoms with Crippen molar-refractivity contribution in [3.63, 3.8) is 0 Å². The Morgan fingerprint density at radius 3 is 2.43 bits per heavy atom. The van der Waals surface area contributed by atoms with E-state index in [-0.39, 0.29) is 5.54 Å². The number of likely N-dealkylation sites (N-methyl/N-ethyl adjacent to an activating group) is 1. The minimum Gasteiger partial charge on any atom is -0.312 e. The Hall–Kier alpha value is -0.0900. The molecule has 1 atom stereocenters. The molecule has 4 heteroatoms. The fourth-order valence-electron chi connectivity index (χ4n) is 3.35. The largest absolute Gasteiger partial charge is 0.312 e. The summed E-state index contributed by atoms with van der Waals surface area (Å²) in [6.45, 7) is 10.5. The summed E-state index contributed by atoms with van der Waals surface area (Å²) in [5.41, 5.74) is 0.177. The van der Waals surface area contributed by atoms with Crippen molar-refractivity contribution in [3.05, 3.63) is 21.3 Å². The molecule has 0 amide bonds. The summed E-state index contributed by atoms with van der Waals surface area (Å²) in [6, 6.07) is 4.66. The summed E-state index contributed by atoms with van der Waals surface area (Å²) in [6.07, 6.45) is 6.52. The van der Waals surface area contributed by atoms with Crippen LogP contribution in [-0.4, -0.2) is 36.1 Å². The van der Waals surface area contributed by atoms with Crippen molar-refractivity contribution >= 4 is 22.9 Å². The van der Waals surface area contributed by atoms with Crippen LogP contribution in [0.1, 0.15) is 51.3 Å². The Labute approximate surface area is 138 Å². The molecule has 120 valence electrons. The standard InChI is InChI=1S/C17H29ClN2S/c1-4-19-15(13-14-9-10-16(18)21-14)17(2,3)20-11-7-5-6-8-12-20/h9-10,15,19H,4-8,11-13H2,1-3H3. The fraction of sp³-hybridized carbons (Fsp3) is 0.765. The molecule has 1 aliphatic heterocycles. The predicted octanol–water partition coefficient (Wildman–Crippen LogP) is 4.58. The van der Waals surface area contributed by atoms with Gasteiger partial charge in [0.1, 0.15) is 0 Å². The molecule has 2 heterocycles. The van der Waals surface area contributed by atoms with Crippen LogP contribution in [0.15, 0.2) is 12.1 Å². The topological polar surface area (TPSA) is 15.3 Å². The quantitative estimate of drug-likeness (QED) is 0.822. The zero-order valence-corrected chi connectivity index (χ0v) is 15.2. The molecule has 1 unspecified atom stereocenters. The average Bonchev–Trinajstić information content (AvgIpc) is 2.68. The zero-order chi connectivity index (χ0) is 15.3. The Bertz CT molecular complexity index is 422. The van der Waals surface area contributed by atoms with Crippen molar-refractivity contribution in [2.75, 3.05) is 19.6 Å². The van der Waals surface area contributed by atoms with Crippen LogP contribution in [0.3, 0.4) is 0 Å². The van der Waals surface area contributed by atoms with Crippen molar-refractivity contribution in [3.8, 4) is 0 Å². The summed E-state index contributed by atoms with van der Waals surface area (Å²) in [7, 11) is 0. The van der Waals surface area contributed by atoms with Crippen LogP contribution in [0.2, 0.25) is 4.34 Å². The maximum absolute atomic E-state index is 6.09. The van der Waals surface area contributed by atoms with Crippen LogP contribution in [0, 0.1) is 0 Å². The predicted molar refractivity (Wildman–Crippen MR) is 94.6 cm³/mol. The lowest BCUT2D eigenvalue weighted by molar-refractivity contribution is 0.0844. The first-order chi connectivity index (χ1) is 10.0. The highest BCUT2D eigenvalue weighted by molar-refractivity contribution is 7.16. The zero-order valence-electron chi connectivity index (χ0n) is 13.6.